The van der Waals surface area contributed by atoms with E-state index in [0.29, 0.717) is 0 Å². The van der Waals surface area contributed by atoms with Crippen LogP contribution in [0.15, 0.2) is 0 Å². The van der Waals surface area contributed by atoms with Gasteiger partial charge in [-0.05, 0) is 26.7 Å². The lowest BCUT2D eigenvalue weighted by Crippen LogP contribution is -2.52. The van der Waals surface area contributed by atoms with Crippen LogP contribution >= 0.6 is 7.75 Å². The average Bonchev–Trinajstić information content (AvgIpc) is 2.53. The van der Waals surface area contributed by atoms with Gasteiger partial charge in [0.2, 0.25) is 5.91 Å². The first kappa shape index (κ1) is 25.6. The molecule has 1 fully saturated rings. The van der Waals surface area contributed by atoms with E-state index >= 15 is 0 Å². The smallest absolute Gasteiger partial charge is 0.407 e. The van der Waals surface area contributed by atoms with Gasteiger partial charge in [0.25, 0.3) is 0 Å². The topological polar surface area (TPSA) is 140 Å². The molecule has 11 heteroatoms. The van der Waals surface area contributed by atoms with Gasteiger partial charge in [-0.3, -0.25) is 23.4 Å². The molecule has 10 nitrogen and oxygen atoms in total. The van der Waals surface area contributed by atoms with Crippen molar-refractivity contribution < 1.29 is 37.8 Å². The SMILES string of the molecule is CC(C)C(N[P@]1(=O)OCC(C)(C)[C@H](C(=O)NCCC(=O)OC(C)(C)C)O1)C(=O)O. The molecule has 1 unspecified atom stereocenters. The van der Waals surface area contributed by atoms with E-state index in [1.807, 2.05) is 0 Å². The van der Waals surface area contributed by atoms with Crippen molar-refractivity contribution in [2.75, 3.05) is 13.2 Å². The van der Waals surface area contributed by atoms with Crippen molar-refractivity contribution in [2.45, 2.75) is 72.6 Å². The van der Waals surface area contributed by atoms with Gasteiger partial charge >= 0.3 is 19.7 Å². The van der Waals surface area contributed by atoms with E-state index in [4.69, 9.17) is 13.8 Å². The number of aliphatic carboxylic acids is 1. The van der Waals surface area contributed by atoms with Crippen LogP contribution in [0.2, 0.25) is 0 Å². The summed E-state index contributed by atoms with van der Waals surface area (Å²) >= 11 is 0. The molecule has 1 aliphatic rings. The minimum atomic E-state index is -4.03. The molecule has 0 saturated carbocycles. The monoisotopic (exact) mass is 436 g/mol. The summed E-state index contributed by atoms with van der Waals surface area (Å²) in [4.78, 5) is 35.8. The molecule has 3 N–H and O–H groups in total. The number of nitrogens with one attached hydrogen (secondary N) is 2. The van der Waals surface area contributed by atoms with E-state index in [1.165, 1.54) is 0 Å². The predicted octanol–water partition coefficient (Wildman–Crippen LogP) is 2.08. The summed E-state index contributed by atoms with van der Waals surface area (Å²) in [5.41, 5.74) is -1.44. The van der Waals surface area contributed by atoms with Crippen LogP contribution in [0.25, 0.3) is 0 Å². The largest absolute Gasteiger partial charge is 0.480 e. The summed E-state index contributed by atoms with van der Waals surface area (Å²) in [6.07, 6.45) is -1.19. The zero-order chi connectivity index (χ0) is 22.6. The molecule has 0 spiro atoms. The molecule has 0 aromatic carbocycles. The fourth-order valence-electron chi connectivity index (χ4n) is 2.54. The molecule has 29 heavy (non-hydrogen) atoms. The number of hydrogen-bond donors (Lipinski definition) is 3. The van der Waals surface area contributed by atoms with Crippen LogP contribution in [0, 0.1) is 11.3 Å². The van der Waals surface area contributed by atoms with E-state index in [1.54, 1.807) is 48.5 Å². The predicted molar refractivity (Wildman–Crippen MR) is 105 cm³/mol. The molecule has 168 valence electrons. The van der Waals surface area contributed by atoms with Crippen molar-refractivity contribution in [3.8, 4) is 0 Å². The van der Waals surface area contributed by atoms with Gasteiger partial charge in [-0.15, -0.1) is 0 Å². The number of amides is 1. The van der Waals surface area contributed by atoms with Gasteiger partial charge in [0.15, 0.2) is 6.10 Å². The van der Waals surface area contributed by atoms with Crippen LogP contribution in [-0.2, 0) is 32.7 Å². The molecule has 0 aromatic heterocycles. The summed E-state index contributed by atoms with van der Waals surface area (Å²) in [5, 5.41) is 14.3. The highest BCUT2D eigenvalue weighted by molar-refractivity contribution is 7.51. The van der Waals surface area contributed by atoms with Crippen molar-refractivity contribution in [1.82, 2.24) is 10.4 Å². The lowest BCUT2D eigenvalue weighted by molar-refractivity contribution is -0.154. The van der Waals surface area contributed by atoms with Crippen LogP contribution in [0.1, 0.15) is 54.9 Å². The highest BCUT2D eigenvalue weighted by atomic mass is 31.2. The van der Waals surface area contributed by atoms with Crippen molar-refractivity contribution in [2.24, 2.45) is 11.3 Å². The Morgan fingerprint density at radius 2 is 1.86 bits per heavy atom. The number of hydrogen-bond acceptors (Lipinski definition) is 7. The molecule has 0 aromatic rings. The molecular weight excluding hydrogens is 403 g/mol. The molecule has 1 rings (SSSR count). The number of rotatable bonds is 8. The van der Waals surface area contributed by atoms with Gasteiger partial charge in [-0.2, -0.15) is 0 Å². The summed E-state index contributed by atoms with van der Waals surface area (Å²) in [6.45, 7) is 11.9. The van der Waals surface area contributed by atoms with Crippen LogP contribution in [0.3, 0.4) is 0 Å². The first-order valence-corrected chi connectivity index (χ1v) is 11.0. The first-order valence-electron chi connectivity index (χ1n) is 9.49. The molecule has 1 aliphatic heterocycles. The Bertz CT molecular complexity index is 671. The van der Waals surface area contributed by atoms with Gasteiger partial charge in [-0.25, -0.2) is 9.65 Å². The van der Waals surface area contributed by atoms with Crippen molar-refractivity contribution >= 4 is 25.6 Å². The number of esters is 1. The highest BCUT2D eigenvalue weighted by Gasteiger charge is 2.49. The quantitative estimate of drug-likeness (QED) is 0.385. The molecule has 0 radical (unpaired) electrons. The first-order chi connectivity index (χ1) is 13.1. The van der Waals surface area contributed by atoms with Crippen molar-refractivity contribution in [1.29, 1.82) is 0 Å². The van der Waals surface area contributed by atoms with Crippen molar-refractivity contribution in [3.63, 3.8) is 0 Å². The maximum Gasteiger partial charge on any atom is 0.407 e. The molecule has 1 heterocycles. The summed E-state index contributed by atoms with van der Waals surface area (Å²) in [5.74, 6) is -2.62. The highest BCUT2D eigenvalue weighted by Crippen LogP contribution is 2.53. The van der Waals surface area contributed by atoms with Gasteiger partial charge in [0.05, 0.1) is 13.0 Å². The van der Waals surface area contributed by atoms with E-state index in [2.05, 4.69) is 10.4 Å². The Labute approximate surface area is 171 Å². The second kappa shape index (κ2) is 9.55. The van der Waals surface area contributed by atoms with Gasteiger partial charge < -0.3 is 15.2 Å². The summed E-state index contributed by atoms with van der Waals surface area (Å²) < 4.78 is 28.8. The Balaban J connectivity index is 2.77. The zero-order valence-corrected chi connectivity index (χ0v) is 19.0. The van der Waals surface area contributed by atoms with Crippen LogP contribution in [0.4, 0.5) is 0 Å². The van der Waals surface area contributed by atoms with Gasteiger partial charge in [0, 0.05) is 12.0 Å². The molecule has 0 aliphatic carbocycles. The average molecular weight is 436 g/mol. The second-order valence-electron chi connectivity index (χ2n) is 9.06. The fraction of sp³-hybridized carbons (Fsp3) is 0.833. The van der Waals surface area contributed by atoms with Gasteiger partial charge in [0.1, 0.15) is 11.6 Å². The Hall–Kier alpha value is -1.48. The second-order valence-corrected chi connectivity index (χ2v) is 10.8. The van der Waals surface area contributed by atoms with Crippen molar-refractivity contribution in [3.05, 3.63) is 0 Å². The van der Waals surface area contributed by atoms with Crippen LogP contribution < -0.4 is 10.4 Å². The van der Waals surface area contributed by atoms with Crippen LogP contribution in [-0.4, -0.2) is 53.9 Å². The number of carbonyl (C=O) groups is 3. The number of carbonyl (C=O) groups excluding carboxylic acids is 2. The molecule has 1 amide bonds. The minimum Gasteiger partial charge on any atom is -0.480 e. The third kappa shape index (κ3) is 8.04. The molecule has 1 saturated heterocycles. The maximum atomic E-state index is 12.9. The van der Waals surface area contributed by atoms with E-state index in [-0.39, 0.29) is 25.5 Å². The van der Waals surface area contributed by atoms with Gasteiger partial charge in [-0.1, -0.05) is 27.7 Å². The number of carboxylic acid groups (broad SMARTS) is 1. The molecular formula is C18H33N2O8P. The van der Waals surface area contributed by atoms with E-state index < -0.39 is 48.8 Å². The summed E-state index contributed by atoms with van der Waals surface area (Å²) in [7, 11) is -4.03. The summed E-state index contributed by atoms with van der Waals surface area (Å²) in [6, 6.07) is -1.17. The fourth-order valence-corrected chi connectivity index (χ4v) is 4.65. The Morgan fingerprint density at radius 3 is 2.34 bits per heavy atom. The number of ether oxygens (including phenoxy) is 1. The third-order valence-corrected chi connectivity index (χ3v) is 5.63. The standard InChI is InChI=1S/C18H33N2O8P/c1-11(2)13(16(23)24)20-29(25)26-10-18(6,7)14(28-29)15(22)19-9-8-12(21)27-17(3,4)5/h11,13-14H,8-10H2,1-7H3,(H,19,22)(H,20,25)(H,23,24)/t13?,14-,29-/m0/s1. The van der Waals surface area contributed by atoms with E-state index in [0.717, 1.165) is 0 Å². The zero-order valence-electron chi connectivity index (χ0n) is 18.1. The lowest BCUT2D eigenvalue weighted by atomic mass is 9.87. The normalized spacial score (nSPS) is 25.3. The molecule has 0 bridgehead atoms. The number of carboxylic acids is 1. The van der Waals surface area contributed by atoms with E-state index in [9.17, 15) is 24.1 Å². The minimum absolute atomic E-state index is 0.0199. The third-order valence-electron chi connectivity index (χ3n) is 4.08. The van der Waals surface area contributed by atoms with Crippen LogP contribution in [0.5, 0.6) is 0 Å². The maximum absolute atomic E-state index is 12.9. The Morgan fingerprint density at radius 1 is 1.28 bits per heavy atom. The Kier molecular flexibility index (Phi) is 8.42. The lowest BCUT2D eigenvalue weighted by Gasteiger charge is -2.41. The molecule has 3 atom stereocenters.